The summed E-state index contributed by atoms with van der Waals surface area (Å²) in [7, 11) is 0. The molecule has 3 N–H and O–H groups in total. The van der Waals surface area contributed by atoms with Crippen LogP contribution in [-0.4, -0.2) is 16.7 Å². The van der Waals surface area contributed by atoms with Crippen molar-refractivity contribution in [2.45, 2.75) is 26.4 Å². The van der Waals surface area contributed by atoms with Gasteiger partial charge in [-0.15, -0.1) is 0 Å². The van der Waals surface area contributed by atoms with E-state index >= 15 is 0 Å². The van der Waals surface area contributed by atoms with Crippen LogP contribution in [-0.2, 0) is 4.74 Å². The number of nitrogens with two attached hydrogens (primary N) is 1. The van der Waals surface area contributed by atoms with Crippen LogP contribution >= 0.6 is 23.8 Å². The van der Waals surface area contributed by atoms with Crippen LogP contribution in [0.5, 0.6) is 0 Å². The van der Waals surface area contributed by atoms with E-state index in [-0.39, 0.29) is 4.99 Å². The molecule has 0 heterocycles. The molecule has 0 fully saturated rings. The molecule has 0 aliphatic heterocycles. The van der Waals surface area contributed by atoms with Gasteiger partial charge < -0.3 is 10.5 Å². The van der Waals surface area contributed by atoms with E-state index in [1.807, 2.05) is 0 Å². The average Bonchev–Trinajstić information content (AvgIpc) is 2.17. The van der Waals surface area contributed by atoms with Crippen molar-refractivity contribution in [3.8, 4) is 0 Å². The SMILES string of the molecule is CC(C)(C)OC(=O)Nc1ccc(Cl)c(C(N)=S)c1. The van der Waals surface area contributed by atoms with Crippen LogP contribution in [0, 0.1) is 0 Å². The zero-order chi connectivity index (χ0) is 13.9. The molecule has 0 saturated heterocycles. The van der Waals surface area contributed by atoms with Gasteiger partial charge in [0.1, 0.15) is 10.6 Å². The highest BCUT2D eigenvalue weighted by molar-refractivity contribution is 7.80. The van der Waals surface area contributed by atoms with Crippen molar-refractivity contribution in [3.63, 3.8) is 0 Å². The van der Waals surface area contributed by atoms with Gasteiger partial charge in [0.2, 0.25) is 0 Å². The van der Waals surface area contributed by atoms with Crippen molar-refractivity contribution in [1.29, 1.82) is 0 Å². The highest BCUT2D eigenvalue weighted by atomic mass is 35.5. The number of carbonyl (C=O) groups excluding carboxylic acids is 1. The van der Waals surface area contributed by atoms with Crippen LogP contribution in [0.3, 0.4) is 0 Å². The topological polar surface area (TPSA) is 64.3 Å². The van der Waals surface area contributed by atoms with Gasteiger partial charge in [-0.25, -0.2) is 4.79 Å². The van der Waals surface area contributed by atoms with E-state index in [1.54, 1.807) is 39.0 Å². The number of thiocarbonyl (C=S) groups is 1. The molecule has 0 unspecified atom stereocenters. The number of hydrogen-bond donors (Lipinski definition) is 2. The predicted octanol–water partition coefficient (Wildman–Crippen LogP) is 3.32. The molecule has 0 aliphatic carbocycles. The Hall–Kier alpha value is -1.33. The number of halogens is 1. The summed E-state index contributed by atoms with van der Waals surface area (Å²) < 4.78 is 5.13. The normalized spacial score (nSPS) is 10.9. The fourth-order valence-electron chi connectivity index (χ4n) is 1.21. The van der Waals surface area contributed by atoms with Gasteiger partial charge >= 0.3 is 6.09 Å². The molecular formula is C12H15ClN2O2S. The van der Waals surface area contributed by atoms with Crippen molar-refractivity contribution in [1.82, 2.24) is 0 Å². The molecule has 98 valence electrons. The molecule has 0 spiro atoms. The number of nitrogens with one attached hydrogen (secondary N) is 1. The molecule has 6 heteroatoms. The van der Waals surface area contributed by atoms with Crippen LogP contribution in [0.2, 0.25) is 5.02 Å². The minimum Gasteiger partial charge on any atom is -0.444 e. The van der Waals surface area contributed by atoms with Gasteiger partial charge in [-0.05, 0) is 39.0 Å². The number of anilines is 1. The van der Waals surface area contributed by atoms with E-state index in [0.717, 1.165) is 0 Å². The minimum atomic E-state index is -0.553. The summed E-state index contributed by atoms with van der Waals surface area (Å²) in [6.45, 7) is 5.36. The Morgan fingerprint density at radius 2 is 2.06 bits per heavy atom. The lowest BCUT2D eigenvalue weighted by molar-refractivity contribution is 0.0636. The van der Waals surface area contributed by atoms with Crippen LogP contribution in [0.15, 0.2) is 18.2 Å². The molecule has 0 bridgehead atoms. The summed E-state index contributed by atoms with van der Waals surface area (Å²) in [5.74, 6) is 0. The number of hydrogen-bond acceptors (Lipinski definition) is 3. The Bertz CT molecular complexity index is 483. The zero-order valence-corrected chi connectivity index (χ0v) is 12.0. The van der Waals surface area contributed by atoms with Gasteiger partial charge in [0, 0.05) is 11.3 Å². The minimum absolute atomic E-state index is 0.174. The number of amides is 1. The second-order valence-electron chi connectivity index (χ2n) is 4.69. The Morgan fingerprint density at radius 3 is 2.56 bits per heavy atom. The lowest BCUT2D eigenvalue weighted by Crippen LogP contribution is -2.27. The highest BCUT2D eigenvalue weighted by Gasteiger charge is 2.16. The Balaban J connectivity index is 2.83. The first-order valence-electron chi connectivity index (χ1n) is 5.28. The van der Waals surface area contributed by atoms with Crippen molar-refractivity contribution in [2.24, 2.45) is 5.73 Å². The fraction of sp³-hybridized carbons (Fsp3) is 0.333. The molecule has 0 aliphatic rings. The monoisotopic (exact) mass is 286 g/mol. The van der Waals surface area contributed by atoms with Crippen molar-refractivity contribution < 1.29 is 9.53 Å². The third-order valence-corrected chi connectivity index (χ3v) is 2.43. The third-order valence-electron chi connectivity index (χ3n) is 1.88. The molecule has 1 amide bonds. The van der Waals surface area contributed by atoms with E-state index in [4.69, 9.17) is 34.3 Å². The summed E-state index contributed by atoms with van der Waals surface area (Å²) in [4.78, 5) is 11.7. The van der Waals surface area contributed by atoms with E-state index in [1.165, 1.54) is 0 Å². The molecular weight excluding hydrogens is 272 g/mol. The molecule has 0 atom stereocenters. The van der Waals surface area contributed by atoms with Gasteiger partial charge in [0.25, 0.3) is 0 Å². The number of carbonyl (C=O) groups is 1. The maximum Gasteiger partial charge on any atom is 0.412 e. The Labute approximate surface area is 116 Å². The van der Waals surface area contributed by atoms with E-state index in [9.17, 15) is 4.79 Å². The van der Waals surface area contributed by atoms with Gasteiger partial charge in [-0.3, -0.25) is 5.32 Å². The molecule has 1 aromatic rings. The first-order valence-corrected chi connectivity index (χ1v) is 6.07. The van der Waals surface area contributed by atoms with E-state index in [0.29, 0.717) is 16.3 Å². The quantitative estimate of drug-likeness (QED) is 0.819. The van der Waals surface area contributed by atoms with Crippen LogP contribution in [0.25, 0.3) is 0 Å². The van der Waals surface area contributed by atoms with Crippen LogP contribution < -0.4 is 11.1 Å². The highest BCUT2D eigenvalue weighted by Crippen LogP contribution is 2.21. The molecule has 18 heavy (non-hydrogen) atoms. The second kappa shape index (κ2) is 5.54. The molecule has 1 aromatic carbocycles. The largest absolute Gasteiger partial charge is 0.444 e. The number of rotatable bonds is 2. The lowest BCUT2D eigenvalue weighted by Gasteiger charge is -2.19. The third kappa shape index (κ3) is 4.50. The van der Waals surface area contributed by atoms with E-state index < -0.39 is 11.7 Å². The Morgan fingerprint density at radius 1 is 1.44 bits per heavy atom. The molecule has 0 saturated carbocycles. The number of benzene rings is 1. The van der Waals surface area contributed by atoms with E-state index in [2.05, 4.69) is 5.32 Å². The maximum atomic E-state index is 11.6. The predicted molar refractivity (Wildman–Crippen MR) is 77.2 cm³/mol. The average molecular weight is 287 g/mol. The summed E-state index contributed by atoms with van der Waals surface area (Å²) in [6, 6.07) is 4.87. The van der Waals surface area contributed by atoms with Crippen LogP contribution in [0.1, 0.15) is 26.3 Å². The summed E-state index contributed by atoms with van der Waals surface area (Å²) >= 11 is 10.8. The number of ether oxygens (including phenoxy) is 1. The first kappa shape index (κ1) is 14.7. The summed E-state index contributed by atoms with van der Waals surface area (Å²) in [5.41, 5.74) is 6.00. The van der Waals surface area contributed by atoms with Crippen LogP contribution in [0.4, 0.5) is 10.5 Å². The standard InChI is InChI=1S/C12H15ClN2O2S/c1-12(2,3)17-11(16)15-7-4-5-9(13)8(6-7)10(14)18/h4-6H,1-3H3,(H2,14,18)(H,15,16). The van der Waals surface area contributed by atoms with Gasteiger partial charge in [0.15, 0.2) is 0 Å². The van der Waals surface area contributed by atoms with Crippen molar-refractivity contribution in [3.05, 3.63) is 28.8 Å². The van der Waals surface area contributed by atoms with Crippen molar-refractivity contribution in [2.75, 3.05) is 5.32 Å². The second-order valence-corrected chi connectivity index (χ2v) is 5.53. The Kier molecular flexibility index (Phi) is 4.53. The fourth-order valence-corrected chi connectivity index (χ4v) is 1.66. The van der Waals surface area contributed by atoms with Crippen molar-refractivity contribution >= 4 is 40.6 Å². The molecule has 4 nitrogen and oxygen atoms in total. The molecule has 0 aromatic heterocycles. The molecule has 0 radical (unpaired) electrons. The smallest absolute Gasteiger partial charge is 0.412 e. The first-order chi connectivity index (χ1) is 8.19. The van der Waals surface area contributed by atoms with Gasteiger partial charge in [-0.2, -0.15) is 0 Å². The lowest BCUT2D eigenvalue weighted by atomic mass is 10.2. The zero-order valence-electron chi connectivity index (χ0n) is 10.4. The summed E-state index contributed by atoms with van der Waals surface area (Å²) in [5, 5.41) is 3.03. The van der Waals surface area contributed by atoms with Gasteiger partial charge in [0.05, 0.1) is 5.02 Å². The maximum absolute atomic E-state index is 11.6. The molecule has 1 rings (SSSR count). The van der Waals surface area contributed by atoms with Gasteiger partial charge in [-0.1, -0.05) is 23.8 Å². The summed E-state index contributed by atoms with van der Waals surface area (Å²) in [6.07, 6.45) is -0.543.